The SMILES string of the molecule is CC(C)NC(=S)Nc1ccc2nc(C(C)C)ccc2c1. The average molecular weight is 287 g/mol. The standard InChI is InChI=1S/C16H21N3S/c1-10(2)14-7-5-12-9-13(6-8-15(12)19-14)18-16(20)17-11(3)4/h5-11H,1-4H3,(H2,17,18,20). The van der Waals surface area contributed by atoms with E-state index in [0.717, 1.165) is 22.3 Å². The van der Waals surface area contributed by atoms with Crippen molar-refractivity contribution in [1.29, 1.82) is 0 Å². The summed E-state index contributed by atoms with van der Waals surface area (Å²) in [5, 5.41) is 8.13. The highest BCUT2D eigenvalue weighted by molar-refractivity contribution is 7.80. The molecular weight excluding hydrogens is 266 g/mol. The van der Waals surface area contributed by atoms with Crippen LogP contribution in [0.15, 0.2) is 30.3 Å². The molecule has 1 heterocycles. The number of nitrogens with zero attached hydrogens (tertiary/aromatic N) is 1. The van der Waals surface area contributed by atoms with Crippen molar-refractivity contribution in [2.45, 2.75) is 39.7 Å². The maximum Gasteiger partial charge on any atom is 0.170 e. The van der Waals surface area contributed by atoms with Crippen LogP contribution >= 0.6 is 12.2 Å². The molecule has 4 heteroatoms. The van der Waals surface area contributed by atoms with Crippen LogP contribution in [0.3, 0.4) is 0 Å². The number of benzene rings is 1. The van der Waals surface area contributed by atoms with E-state index in [2.05, 4.69) is 61.5 Å². The fourth-order valence-electron chi connectivity index (χ4n) is 1.97. The lowest BCUT2D eigenvalue weighted by molar-refractivity contribution is 0.739. The molecule has 0 bridgehead atoms. The van der Waals surface area contributed by atoms with Gasteiger partial charge in [0.1, 0.15) is 0 Å². The Morgan fingerprint density at radius 2 is 1.85 bits per heavy atom. The zero-order chi connectivity index (χ0) is 14.7. The van der Waals surface area contributed by atoms with Gasteiger partial charge in [0.05, 0.1) is 5.52 Å². The molecular formula is C16H21N3S. The molecule has 0 aliphatic carbocycles. The summed E-state index contributed by atoms with van der Waals surface area (Å²) in [5.74, 6) is 0.444. The predicted octanol–water partition coefficient (Wildman–Crippen LogP) is 4.05. The Morgan fingerprint density at radius 3 is 2.50 bits per heavy atom. The number of hydrogen-bond acceptors (Lipinski definition) is 2. The summed E-state index contributed by atoms with van der Waals surface area (Å²) >= 11 is 5.25. The Bertz CT molecular complexity index is 620. The number of nitrogens with one attached hydrogen (secondary N) is 2. The molecule has 1 aromatic carbocycles. The number of aromatic nitrogens is 1. The number of hydrogen-bond donors (Lipinski definition) is 2. The van der Waals surface area contributed by atoms with E-state index in [-0.39, 0.29) is 0 Å². The first-order valence-electron chi connectivity index (χ1n) is 6.94. The molecule has 20 heavy (non-hydrogen) atoms. The Kier molecular flexibility index (Phi) is 4.55. The molecule has 2 aromatic rings. The second kappa shape index (κ2) is 6.18. The summed E-state index contributed by atoms with van der Waals surface area (Å²) in [4.78, 5) is 4.67. The summed E-state index contributed by atoms with van der Waals surface area (Å²) < 4.78 is 0. The number of rotatable bonds is 3. The van der Waals surface area contributed by atoms with Gasteiger partial charge in [0.25, 0.3) is 0 Å². The zero-order valence-corrected chi connectivity index (χ0v) is 13.2. The topological polar surface area (TPSA) is 37.0 Å². The van der Waals surface area contributed by atoms with E-state index in [1.54, 1.807) is 0 Å². The smallest absolute Gasteiger partial charge is 0.170 e. The fraction of sp³-hybridized carbons (Fsp3) is 0.375. The van der Waals surface area contributed by atoms with Gasteiger partial charge in [0, 0.05) is 22.8 Å². The van der Waals surface area contributed by atoms with E-state index < -0.39 is 0 Å². The second-order valence-corrected chi connectivity index (χ2v) is 5.96. The average Bonchev–Trinajstić information content (AvgIpc) is 2.36. The molecule has 0 aliphatic rings. The van der Waals surface area contributed by atoms with Crippen LogP contribution in [0, 0.1) is 0 Å². The lowest BCUT2D eigenvalue weighted by Crippen LogP contribution is -2.33. The van der Waals surface area contributed by atoms with Crippen molar-refractivity contribution >= 4 is 33.9 Å². The summed E-state index contributed by atoms with van der Waals surface area (Å²) in [6, 6.07) is 10.6. The molecule has 0 unspecified atom stereocenters. The van der Waals surface area contributed by atoms with Gasteiger partial charge in [-0.3, -0.25) is 4.98 Å². The van der Waals surface area contributed by atoms with Crippen molar-refractivity contribution in [1.82, 2.24) is 10.3 Å². The molecule has 0 saturated heterocycles. The molecule has 0 spiro atoms. The van der Waals surface area contributed by atoms with Crippen LogP contribution in [0.2, 0.25) is 0 Å². The van der Waals surface area contributed by atoms with Crippen molar-refractivity contribution < 1.29 is 0 Å². The van der Waals surface area contributed by atoms with Gasteiger partial charge in [-0.2, -0.15) is 0 Å². The molecule has 0 radical (unpaired) electrons. The zero-order valence-electron chi connectivity index (χ0n) is 12.4. The second-order valence-electron chi connectivity index (χ2n) is 5.55. The molecule has 0 fully saturated rings. The third-order valence-corrected chi connectivity index (χ3v) is 3.20. The minimum Gasteiger partial charge on any atom is -0.360 e. The number of thiocarbonyl (C=S) groups is 1. The Labute approximate surface area is 125 Å². The van der Waals surface area contributed by atoms with Gasteiger partial charge in [-0.05, 0) is 56.2 Å². The van der Waals surface area contributed by atoms with Crippen LogP contribution in [0.4, 0.5) is 5.69 Å². The van der Waals surface area contributed by atoms with Crippen molar-refractivity contribution in [3.8, 4) is 0 Å². The van der Waals surface area contributed by atoms with Gasteiger partial charge in [0.15, 0.2) is 5.11 Å². The van der Waals surface area contributed by atoms with Gasteiger partial charge < -0.3 is 10.6 Å². The lowest BCUT2D eigenvalue weighted by Gasteiger charge is -2.13. The first-order chi connectivity index (χ1) is 9.45. The minimum absolute atomic E-state index is 0.325. The lowest BCUT2D eigenvalue weighted by atomic mass is 10.1. The van der Waals surface area contributed by atoms with Crippen LogP contribution in [0.1, 0.15) is 39.3 Å². The third kappa shape index (κ3) is 3.67. The normalized spacial score (nSPS) is 11.1. The predicted molar refractivity (Wildman–Crippen MR) is 90.3 cm³/mol. The summed E-state index contributed by atoms with van der Waals surface area (Å²) in [6.45, 7) is 8.43. The van der Waals surface area contributed by atoms with Crippen LogP contribution < -0.4 is 10.6 Å². The Balaban J connectivity index is 2.21. The van der Waals surface area contributed by atoms with E-state index in [1.807, 2.05) is 12.1 Å². The third-order valence-electron chi connectivity index (χ3n) is 2.98. The van der Waals surface area contributed by atoms with E-state index in [9.17, 15) is 0 Å². The fourth-order valence-corrected chi connectivity index (χ4v) is 2.32. The van der Waals surface area contributed by atoms with Crippen molar-refractivity contribution in [2.75, 3.05) is 5.32 Å². The Hall–Kier alpha value is -1.68. The highest BCUT2D eigenvalue weighted by Crippen LogP contribution is 2.21. The molecule has 3 nitrogen and oxygen atoms in total. The Morgan fingerprint density at radius 1 is 1.10 bits per heavy atom. The van der Waals surface area contributed by atoms with Gasteiger partial charge in [-0.25, -0.2) is 0 Å². The summed E-state index contributed by atoms with van der Waals surface area (Å²) in [5.41, 5.74) is 3.12. The quantitative estimate of drug-likeness (QED) is 0.835. The molecule has 0 atom stereocenters. The molecule has 2 rings (SSSR count). The molecule has 0 saturated carbocycles. The van der Waals surface area contributed by atoms with Crippen molar-refractivity contribution in [3.63, 3.8) is 0 Å². The highest BCUT2D eigenvalue weighted by Gasteiger charge is 2.04. The van der Waals surface area contributed by atoms with Gasteiger partial charge in [-0.1, -0.05) is 19.9 Å². The molecule has 0 aliphatic heterocycles. The van der Waals surface area contributed by atoms with Crippen molar-refractivity contribution in [2.24, 2.45) is 0 Å². The first kappa shape index (κ1) is 14.7. The maximum absolute atomic E-state index is 5.25. The van der Waals surface area contributed by atoms with Crippen LogP contribution in [0.5, 0.6) is 0 Å². The molecule has 106 valence electrons. The molecule has 2 N–H and O–H groups in total. The van der Waals surface area contributed by atoms with E-state index >= 15 is 0 Å². The van der Waals surface area contributed by atoms with Gasteiger partial charge in [-0.15, -0.1) is 0 Å². The highest BCUT2D eigenvalue weighted by atomic mass is 32.1. The number of pyridine rings is 1. The largest absolute Gasteiger partial charge is 0.360 e. The van der Waals surface area contributed by atoms with Gasteiger partial charge in [0.2, 0.25) is 0 Å². The van der Waals surface area contributed by atoms with E-state index in [4.69, 9.17) is 12.2 Å². The monoisotopic (exact) mass is 287 g/mol. The first-order valence-corrected chi connectivity index (χ1v) is 7.35. The van der Waals surface area contributed by atoms with Crippen molar-refractivity contribution in [3.05, 3.63) is 36.0 Å². The maximum atomic E-state index is 5.25. The van der Waals surface area contributed by atoms with E-state index in [0.29, 0.717) is 17.1 Å². The van der Waals surface area contributed by atoms with Crippen LogP contribution in [-0.4, -0.2) is 16.1 Å². The van der Waals surface area contributed by atoms with Gasteiger partial charge >= 0.3 is 0 Å². The van der Waals surface area contributed by atoms with Crippen LogP contribution in [-0.2, 0) is 0 Å². The minimum atomic E-state index is 0.325. The molecule has 1 aromatic heterocycles. The summed E-state index contributed by atoms with van der Waals surface area (Å²) in [7, 11) is 0. The number of anilines is 1. The van der Waals surface area contributed by atoms with Crippen LogP contribution in [0.25, 0.3) is 10.9 Å². The summed E-state index contributed by atoms with van der Waals surface area (Å²) in [6.07, 6.45) is 0. The molecule has 0 amide bonds. The number of fused-ring (bicyclic) bond motifs is 1. The van der Waals surface area contributed by atoms with E-state index in [1.165, 1.54) is 0 Å².